The van der Waals surface area contributed by atoms with Crippen molar-refractivity contribution in [3.8, 4) is 0 Å². The van der Waals surface area contributed by atoms with Gasteiger partial charge in [-0.05, 0) is 23.1 Å². The van der Waals surface area contributed by atoms with Crippen LogP contribution in [0.1, 0.15) is 44.1 Å². The Bertz CT molecular complexity index is 607. The van der Waals surface area contributed by atoms with Gasteiger partial charge in [0, 0.05) is 11.4 Å². The molecule has 1 aromatic carbocycles. The van der Waals surface area contributed by atoms with E-state index in [1.807, 2.05) is 20.8 Å². The molecule has 1 heterocycles. The fourth-order valence-electron chi connectivity index (χ4n) is 1.67. The van der Waals surface area contributed by atoms with Crippen molar-refractivity contribution in [3.05, 3.63) is 46.3 Å². The molecule has 0 aliphatic rings. The van der Waals surface area contributed by atoms with Gasteiger partial charge in [-0.15, -0.1) is 0 Å². The van der Waals surface area contributed by atoms with Crippen molar-refractivity contribution in [1.82, 2.24) is 10.1 Å². The zero-order chi connectivity index (χ0) is 14.9. The van der Waals surface area contributed by atoms with Gasteiger partial charge in [-0.1, -0.05) is 43.6 Å². The molecule has 1 aromatic heterocycles. The molecule has 0 aliphatic carbocycles. The molecule has 2 rings (SSSR count). The molecule has 0 aliphatic heterocycles. The van der Waals surface area contributed by atoms with Gasteiger partial charge in [0.2, 0.25) is 5.89 Å². The van der Waals surface area contributed by atoms with Crippen LogP contribution in [0.5, 0.6) is 0 Å². The van der Waals surface area contributed by atoms with Crippen molar-refractivity contribution in [2.24, 2.45) is 11.1 Å². The van der Waals surface area contributed by atoms with Crippen LogP contribution in [0.3, 0.4) is 0 Å². The van der Waals surface area contributed by atoms with Gasteiger partial charge >= 0.3 is 0 Å². The number of nitrogens with zero attached hydrogens (tertiary/aromatic N) is 2. The van der Waals surface area contributed by atoms with E-state index < -0.39 is 0 Å². The van der Waals surface area contributed by atoms with E-state index in [0.717, 1.165) is 5.56 Å². The van der Waals surface area contributed by atoms with Crippen molar-refractivity contribution in [1.29, 1.82) is 0 Å². The van der Waals surface area contributed by atoms with E-state index in [-0.39, 0.29) is 17.3 Å². The molecular weight excluding hydrogens is 281 g/mol. The molecule has 2 N–H and O–H groups in total. The zero-order valence-electron chi connectivity index (χ0n) is 11.7. The summed E-state index contributed by atoms with van der Waals surface area (Å²) >= 11 is 5.97. The van der Waals surface area contributed by atoms with Gasteiger partial charge in [-0.2, -0.15) is 4.98 Å². The Kier molecular flexibility index (Phi) is 4.11. The fourth-order valence-corrected chi connectivity index (χ4v) is 1.91. The molecule has 1 unspecified atom stereocenters. The van der Waals surface area contributed by atoms with Crippen LogP contribution in [-0.2, 0) is 6.42 Å². The second-order valence-corrected chi connectivity index (χ2v) is 6.21. The Morgan fingerprint density at radius 1 is 1.40 bits per heavy atom. The van der Waals surface area contributed by atoms with E-state index in [1.165, 1.54) is 12.1 Å². The van der Waals surface area contributed by atoms with Crippen LogP contribution in [0, 0.1) is 11.2 Å². The van der Waals surface area contributed by atoms with Crippen molar-refractivity contribution >= 4 is 11.6 Å². The third-order valence-electron chi connectivity index (χ3n) is 3.05. The van der Waals surface area contributed by atoms with E-state index in [2.05, 4.69) is 10.1 Å². The molecule has 20 heavy (non-hydrogen) atoms. The first-order chi connectivity index (χ1) is 9.27. The average molecular weight is 298 g/mol. The van der Waals surface area contributed by atoms with Crippen molar-refractivity contribution in [3.63, 3.8) is 0 Å². The lowest BCUT2D eigenvalue weighted by molar-refractivity contribution is 0.252. The predicted octanol–water partition coefficient (Wildman–Crippen LogP) is 3.50. The summed E-state index contributed by atoms with van der Waals surface area (Å²) < 4.78 is 18.2. The Balaban J connectivity index is 2.18. The average Bonchev–Trinajstić information content (AvgIpc) is 2.79. The van der Waals surface area contributed by atoms with Crippen LogP contribution in [0.25, 0.3) is 0 Å². The number of aromatic nitrogens is 2. The number of nitrogens with two attached hydrogens (primary N) is 1. The number of hydrogen-bond acceptors (Lipinski definition) is 4. The first-order valence-corrected chi connectivity index (χ1v) is 6.67. The van der Waals surface area contributed by atoms with Gasteiger partial charge in [0.15, 0.2) is 5.82 Å². The highest BCUT2D eigenvalue weighted by Gasteiger charge is 2.27. The lowest BCUT2D eigenvalue weighted by Gasteiger charge is -2.23. The Morgan fingerprint density at radius 2 is 2.10 bits per heavy atom. The molecule has 0 fully saturated rings. The summed E-state index contributed by atoms with van der Waals surface area (Å²) in [6, 6.07) is 3.88. The maximum Gasteiger partial charge on any atom is 0.244 e. The summed E-state index contributed by atoms with van der Waals surface area (Å²) in [6.07, 6.45) is 0.374. The van der Waals surface area contributed by atoms with Gasteiger partial charge in [-0.25, -0.2) is 4.39 Å². The molecule has 2 aromatic rings. The molecule has 0 amide bonds. The highest BCUT2D eigenvalue weighted by Crippen LogP contribution is 2.29. The Hall–Kier alpha value is -1.46. The lowest BCUT2D eigenvalue weighted by atomic mass is 9.87. The Labute approximate surface area is 122 Å². The standard InChI is InChI=1S/C14H17ClFN3O/c1-14(2,3)12(17)13-18-11(19-20-13)6-8-4-5-9(16)7-10(8)15/h4-5,7,12H,6,17H2,1-3H3. The van der Waals surface area contributed by atoms with E-state index in [4.69, 9.17) is 21.9 Å². The van der Waals surface area contributed by atoms with Gasteiger partial charge in [0.25, 0.3) is 0 Å². The maximum absolute atomic E-state index is 13.0. The number of benzene rings is 1. The lowest BCUT2D eigenvalue weighted by Crippen LogP contribution is -2.26. The third kappa shape index (κ3) is 3.35. The molecule has 1 atom stereocenters. The predicted molar refractivity (Wildman–Crippen MR) is 74.9 cm³/mol. The minimum absolute atomic E-state index is 0.169. The van der Waals surface area contributed by atoms with E-state index in [1.54, 1.807) is 6.07 Å². The quantitative estimate of drug-likeness (QED) is 0.941. The third-order valence-corrected chi connectivity index (χ3v) is 3.40. The monoisotopic (exact) mass is 297 g/mol. The number of rotatable bonds is 3. The number of hydrogen-bond donors (Lipinski definition) is 1. The topological polar surface area (TPSA) is 64.9 Å². The Morgan fingerprint density at radius 3 is 2.70 bits per heavy atom. The first-order valence-electron chi connectivity index (χ1n) is 6.29. The van der Waals surface area contributed by atoms with Gasteiger partial charge in [0.05, 0.1) is 6.04 Å². The largest absolute Gasteiger partial charge is 0.338 e. The molecule has 4 nitrogen and oxygen atoms in total. The molecule has 6 heteroatoms. The van der Waals surface area contributed by atoms with Crippen LogP contribution >= 0.6 is 11.6 Å². The summed E-state index contributed by atoms with van der Waals surface area (Å²) in [5.41, 5.74) is 6.63. The van der Waals surface area contributed by atoms with E-state index >= 15 is 0 Å². The smallest absolute Gasteiger partial charge is 0.244 e. The van der Waals surface area contributed by atoms with Gasteiger partial charge in [0.1, 0.15) is 5.82 Å². The van der Waals surface area contributed by atoms with Crippen LogP contribution in [0.2, 0.25) is 5.02 Å². The molecule has 0 bridgehead atoms. The molecule has 0 spiro atoms. The van der Waals surface area contributed by atoms with Crippen molar-refractivity contribution in [2.75, 3.05) is 0 Å². The van der Waals surface area contributed by atoms with Crippen LogP contribution in [0.4, 0.5) is 4.39 Å². The second kappa shape index (κ2) is 5.50. The molecule has 0 saturated heterocycles. The fraction of sp³-hybridized carbons (Fsp3) is 0.429. The molecular formula is C14H17ClFN3O. The van der Waals surface area contributed by atoms with Crippen molar-refractivity contribution in [2.45, 2.75) is 33.2 Å². The minimum Gasteiger partial charge on any atom is -0.338 e. The summed E-state index contributed by atoms with van der Waals surface area (Å²) in [5, 5.41) is 4.24. The molecule has 0 saturated carbocycles. The SMILES string of the molecule is CC(C)(C)C(N)c1nc(Cc2ccc(F)cc2Cl)no1. The van der Waals surface area contributed by atoms with E-state index in [9.17, 15) is 4.39 Å². The highest BCUT2D eigenvalue weighted by molar-refractivity contribution is 6.31. The summed E-state index contributed by atoms with van der Waals surface area (Å²) in [5.74, 6) is 0.501. The number of halogens is 2. The maximum atomic E-state index is 13.0. The minimum atomic E-state index is -0.373. The normalized spacial score (nSPS) is 13.5. The summed E-state index contributed by atoms with van der Waals surface area (Å²) in [7, 11) is 0. The van der Waals surface area contributed by atoms with Crippen molar-refractivity contribution < 1.29 is 8.91 Å². The first kappa shape index (κ1) is 14.9. The second-order valence-electron chi connectivity index (χ2n) is 5.81. The summed E-state index contributed by atoms with van der Waals surface area (Å²) in [6.45, 7) is 6.00. The highest BCUT2D eigenvalue weighted by atomic mass is 35.5. The van der Waals surface area contributed by atoms with Crippen LogP contribution < -0.4 is 5.73 Å². The van der Waals surface area contributed by atoms with Crippen LogP contribution in [0.15, 0.2) is 22.7 Å². The summed E-state index contributed by atoms with van der Waals surface area (Å²) in [4.78, 5) is 4.28. The molecule has 0 radical (unpaired) electrons. The van der Waals surface area contributed by atoms with E-state index in [0.29, 0.717) is 23.2 Å². The zero-order valence-corrected chi connectivity index (χ0v) is 12.4. The van der Waals surface area contributed by atoms with Gasteiger partial charge < -0.3 is 10.3 Å². The van der Waals surface area contributed by atoms with Crippen LogP contribution in [-0.4, -0.2) is 10.1 Å². The van der Waals surface area contributed by atoms with Gasteiger partial charge in [-0.3, -0.25) is 0 Å². The molecule has 108 valence electrons.